The quantitative estimate of drug-likeness (QED) is 0.223. The molecule has 0 aliphatic rings. The van der Waals surface area contributed by atoms with Gasteiger partial charge in [0.2, 0.25) is 0 Å². The molecule has 0 aliphatic heterocycles. The molecule has 0 fully saturated rings. The second-order valence-electron chi connectivity index (χ2n) is 7.48. The van der Waals surface area contributed by atoms with E-state index in [9.17, 15) is 9.59 Å². The van der Waals surface area contributed by atoms with E-state index < -0.39 is 0 Å². The van der Waals surface area contributed by atoms with Crippen molar-refractivity contribution >= 4 is 65.5 Å². The van der Waals surface area contributed by atoms with Crippen LogP contribution in [0.15, 0.2) is 56.7 Å². The van der Waals surface area contributed by atoms with E-state index in [2.05, 4.69) is 29.8 Å². The Bertz CT molecular complexity index is 1350. The third-order valence-electron chi connectivity index (χ3n) is 5.38. The maximum atomic E-state index is 13.5. The Hall–Kier alpha value is -2.06. The normalized spacial score (nSPS) is 11.6. The van der Waals surface area contributed by atoms with Crippen LogP contribution in [-0.4, -0.2) is 4.57 Å². The molecule has 0 amide bonds. The highest BCUT2D eigenvalue weighted by Gasteiger charge is 2.18. The first kappa shape index (κ1) is 20.8. The Kier molecular flexibility index (Phi) is 5.93. The van der Waals surface area contributed by atoms with Crippen LogP contribution in [0.5, 0.6) is 0 Å². The smallest absolute Gasteiger partial charge is 0.262 e. The molecule has 0 N–H and O–H groups in total. The Morgan fingerprint density at radius 3 is 1.74 bits per heavy atom. The predicted molar refractivity (Wildman–Crippen MR) is 139 cm³/mol. The van der Waals surface area contributed by atoms with Crippen LogP contribution in [-0.2, 0) is 6.54 Å². The molecular weight excluding hydrogens is 463 g/mol. The minimum atomic E-state index is -0.156. The highest BCUT2D eigenvalue weighted by molar-refractivity contribution is 7.32. The lowest BCUT2D eigenvalue weighted by molar-refractivity contribution is 0.565. The van der Waals surface area contributed by atoms with Gasteiger partial charge >= 0.3 is 0 Å². The summed E-state index contributed by atoms with van der Waals surface area (Å²) in [6.07, 6.45) is 4.12. The number of rotatable bonds is 7. The first-order valence-corrected chi connectivity index (χ1v) is 13.8. The number of nitrogens with zero attached hydrogens (tertiary/aromatic N) is 1. The van der Waals surface area contributed by atoms with Gasteiger partial charge in [-0.05, 0) is 41.4 Å². The minimum Gasteiger partial charge on any atom is -0.274 e. The second kappa shape index (κ2) is 8.82. The van der Waals surface area contributed by atoms with E-state index in [0.717, 1.165) is 54.6 Å². The van der Waals surface area contributed by atoms with Crippen molar-refractivity contribution in [2.24, 2.45) is 0 Å². The molecule has 0 saturated carbocycles. The van der Waals surface area contributed by atoms with Crippen LogP contribution in [0.4, 0.5) is 0 Å². The number of aromatic nitrogens is 1. The van der Waals surface area contributed by atoms with E-state index in [1.807, 2.05) is 24.3 Å². The summed E-state index contributed by atoms with van der Waals surface area (Å²) in [6.45, 7) is 2.64. The summed E-state index contributed by atoms with van der Waals surface area (Å²) in [4.78, 5) is 31.5. The zero-order valence-electron chi connectivity index (χ0n) is 17.1. The van der Waals surface area contributed by atoms with Gasteiger partial charge in [0.25, 0.3) is 11.1 Å². The van der Waals surface area contributed by atoms with Crippen LogP contribution in [0.3, 0.4) is 0 Å². The lowest BCUT2D eigenvalue weighted by atomic mass is 10.2. The van der Waals surface area contributed by atoms with Gasteiger partial charge < -0.3 is 0 Å². The molecule has 3 nitrogen and oxygen atoms in total. The summed E-state index contributed by atoms with van der Waals surface area (Å²) >= 11 is 6.60. The maximum absolute atomic E-state index is 13.5. The van der Waals surface area contributed by atoms with Gasteiger partial charge in [0, 0.05) is 26.1 Å². The third-order valence-corrected chi connectivity index (χ3v) is 9.95. The first-order chi connectivity index (χ1) is 15.2. The van der Waals surface area contributed by atoms with Crippen LogP contribution in [0.25, 0.3) is 39.7 Å². The molecule has 7 heteroatoms. The van der Waals surface area contributed by atoms with Crippen LogP contribution >= 0.6 is 45.3 Å². The molecule has 0 unspecified atom stereocenters. The average Bonchev–Trinajstić information content (AvgIpc) is 3.56. The molecular formula is C24H21NO2S4. The fourth-order valence-electron chi connectivity index (χ4n) is 3.80. The van der Waals surface area contributed by atoms with E-state index in [-0.39, 0.29) is 11.1 Å². The first-order valence-electron chi connectivity index (χ1n) is 10.4. The average molecular weight is 484 g/mol. The van der Waals surface area contributed by atoms with E-state index in [4.69, 9.17) is 0 Å². The van der Waals surface area contributed by atoms with Crippen molar-refractivity contribution in [3.8, 4) is 19.5 Å². The van der Waals surface area contributed by atoms with Crippen LogP contribution in [0.2, 0.25) is 0 Å². The maximum Gasteiger partial charge on any atom is 0.262 e. The lowest BCUT2D eigenvalue weighted by Gasteiger charge is -2.02. The second-order valence-corrected chi connectivity index (χ2v) is 11.5. The Balaban J connectivity index is 1.79. The Morgan fingerprint density at radius 2 is 1.29 bits per heavy atom. The molecule has 0 aromatic carbocycles. The summed E-state index contributed by atoms with van der Waals surface area (Å²) in [5.41, 5.74) is -0.312. The largest absolute Gasteiger partial charge is 0.274 e. The fourth-order valence-corrected chi connectivity index (χ4v) is 7.91. The Labute approximate surface area is 195 Å². The van der Waals surface area contributed by atoms with Crippen LogP contribution < -0.4 is 11.1 Å². The molecule has 5 aromatic heterocycles. The molecule has 0 aliphatic carbocycles. The van der Waals surface area contributed by atoms with E-state index >= 15 is 0 Å². The van der Waals surface area contributed by atoms with Gasteiger partial charge in [-0.15, -0.1) is 45.3 Å². The topological polar surface area (TPSA) is 39.1 Å². The predicted octanol–water partition coefficient (Wildman–Crippen LogP) is 7.68. The summed E-state index contributed by atoms with van der Waals surface area (Å²) in [5.74, 6) is 0. The monoisotopic (exact) mass is 483 g/mol. The standard InChI is InChI=1S/C24H21NO2S4/c1-2-3-4-5-10-25-23(26)15-13-19(17-8-6-11-28-17)30-21(15)22-16(24(25)27)14-20(31-22)18-9-7-12-29-18/h6-9,11-14H,2-5,10H2,1H3. The molecule has 5 rings (SSSR count). The fraction of sp³-hybridized carbons (Fsp3) is 0.250. The van der Waals surface area contributed by atoms with Crippen molar-refractivity contribution in [3.63, 3.8) is 0 Å². The number of hydrogen-bond donors (Lipinski definition) is 0. The Morgan fingerprint density at radius 1 is 0.742 bits per heavy atom. The molecule has 158 valence electrons. The van der Waals surface area contributed by atoms with Gasteiger partial charge in [0.1, 0.15) is 0 Å². The molecule has 31 heavy (non-hydrogen) atoms. The summed E-state index contributed by atoms with van der Waals surface area (Å²) in [5, 5.41) is 5.43. The summed E-state index contributed by atoms with van der Waals surface area (Å²) < 4.78 is 3.34. The van der Waals surface area contributed by atoms with Gasteiger partial charge in [0.15, 0.2) is 0 Å². The SMILES string of the molecule is CCCCCCn1c(=O)c2cc(-c3cccs3)sc2c2sc(-c3cccs3)cc2c1=O. The van der Waals surface area contributed by atoms with Crippen molar-refractivity contribution in [2.45, 2.75) is 39.2 Å². The van der Waals surface area contributed by atoms with Gasteiger partial charge in [-0.2, -0.15) is 0 Å². The van der Waals surface area contributed by atoms with Gasteiger partial charge in [-0.25, -0.2) is 0 Å². The number of hydrogen-bond acceptors (Lipinski definition) is 6. The van der Waals surface area contributed by atoms with Crippen molar-refractivity contribution in [3.05, 3.63) is 67.9 Å². The summed E-state index contributed by atoms with van der Waals surface area (Å²) in [7, 11) is 0. The minimum absolute atomic E-state index is 0.156. The number of fused-ring (bicyclic) bond motifs is 3. The number of thiophene rings is 4. The van der Waals surface area contributed by atoms with E-state index in [1.54, 1.807) is 45.3 Å². The van der Waals surface area contributed by atoms with Crippen molar-refractivity contribution in [1.29, 1.82) is 0 Å². The van der Waals surface area contributed by atoms with E-state index in [0.29, 0.717) is 17.3 Å². The highest BCUT2D eigenvalue weighted by atomic mass is 32.1. The number of unbranched alkanes of at least 4 members (excludes halogenated alkanes) is 3. The lowest BCUT2D eigenvalue weighted by Crippen LogP contribution is -2.30. The molecule has 0 bridgehead atoms. The van der Waals surface area contributed by atoms with Crippen LogP contribution in [0, 0.1) is 0 Å². The molecule has 0 radical (unpaired) electrons. The van der Waals surface area contributed by atoms with Crippen molar-refractivity contribution in [1.82, 2.24) is 4.57 Å². The molecule has 5 aromatic rings. The van der Waals surface area contributed by atoms with Gasteiger partial charge in [-0.1, -0.05) is 38.3 Å². The molecule has 5 heterocycles. The highest BCUT2D eigenvalue weighted by Crippen LogP contribution is 2.42. The summed E-state index contributed by atoms with van der Waals surface area (Å²) in [6, 6.07) is 12.2. The van der Waals surface area contributed by atoms with Crippen molar-refractivity contribution in [2.75, 3.05) is 0 Å². The zero-order chi connectivity index (χ0) is 21.4. The zero-order valence-corrected chi connectivity index (χ0v) is 20.3. The molecule has 0 saturated heterocycles. The molecule has 0 atom stereocenters. The van der Waals surface area contributed by atoms with E-state index in [1.165, 1.54) is 4.57 Å². The van der Waals surface area contributed by atoms with Crippen LogP contribution in [0.1, 0.15) is 32.6 Å². The molecule has 0 spiro atoms. The third kappa shape index (κ3) is 3.84. The van der Waals surface area contributed by atoms with Crippen molar-refractivity contribution < 1.29 is 0 Å². The van der Waals surface area contributed by atoms with Gasteiger partial charge in [-0.3, -0.25) is 14.2 Å². The van der Waals surface area contributed by atoms with Gasteiger partial charge in [0.05, 0.1) is 20.2 Å².